The summed E-state index contributed by atoms with van der Waals surface area (Å²) < 4.78 is 4.89. The molecule has 0 bridgehead atoms. The average molecular weight is 281 g/mol. The standard InChI is InChI=1S/C13H19N3O4/c1-8-6-9(12(14)17)7-11(15-8)16-10(13(18)19)4-3-5-20-2/h6-7,10H,3-5H2,1-2H3,(H2,14,17)(H,15,16)(H,18,19). The number of anilines is 1. The molecule has 0 aromatic carbocycles. The van der Waals surface area contributed by atoms with Crippen molar-refractivity contribution in [3.8, 4) is 0 Å². The number of nitrogens with one attached hydrogen (secondary N) is 1. The quantitative estimate of drug-likeness (QED) is 0.607. The largest absolute Gasteiger partial charge is 0.480 e. The molecule has 0 radical (unpaired) electrons. The molecule has 1 rings (SSSR count). The Bertz CT molecular complexity index is 491. The summed E-state index contributed by atoms with van der Waals surface area (Å²) >= 11 is 0. The number of amides is 1. The highest BCUT2D eigenvalue weighted by Crippen LogP contribution is 2.13. The van der Waals surface area contributed by atoms with Crippen molar-refractivity contribution in [2.75, 3.05) is 19.0 Å². The second-order valence-corrected chi connectivity index (χ2v) is 4.42. The molecule has 7 nitrogen and oxygen atoms in total. The lowest BCUT2D eigenvalue weighted by Crippen LogP contribution is -2.30. The summed E-state index contributed by atoms with van der Waals surface area (Å²) in [6, 6.07) is 2.20. The zero-order chi connectivity index (χ0) is 15.1. The van der Waals surface area contributed by atoms with E-state index in [2.05, 4.69) is 10.3 Å². The van der Waals surface area contributed by atoms with E-state index >= 15 is 0 Å². The zero-order valence-corrected chi connectivity index (χ0v) is 11.5. The Morgan fingerprint density at radius 1 is 1.50 bits per heavy atom. The van der Waals surface area contributed by atoms with Crippen LogP contribution in [0.2, 0.25) is 0 Å². The van der Waals surface area contributed by atoms with Crippen molar-refractivity contribution in [3.05, 3.63) is 23.4 Å². The minimum atomic E-state index is -0.981. The molecule has 0 aliphatic heterocycles. The lowest BCUT2D eigenvalue weighted by molar-refractivity contribution is -0.138. The van der Waals surface area contributed by atoms with E-state index in [4.69, 9.17) is 15.6 Å². The first kappa shape index (κ1) is 15.9. The Morgan fingerprint density at radius 3 is 2.75 bits per heavy atom. The number of carbonyl (C=O) groups excluding carboxylic acids is 1. The molecule has 1 aromatic heterocycles. The van der Waals surface area contributed by atoms with Crippen LogP contribution in [0.4, 0.5) is 5.82 Å². The fourth-order valence-electron chi connectivity index (χ4n) is 1.75. The first-order valence-electron chi connectivity index (χ1n) is 6.20. The number of aliphatic carboxylic acids is 1. The van der Waals surface area contributed by atoms with Gasteiger partial charge in [0, 0.05) is 25.0 Å². The molecule has 1 amide bonds. The third-order valence-corrected chi connectivity index (χ3v) is 2.70. The van der Waals surface area contributed by atoms with Gasteiger partial charge in [-0.25, -0.2) is 9.78 Å². The van der Waals surface area contributed by atoms with Gasteiger partial charge in [-0.15, -0.1) is 0 Å². The molecule has 0 saturated heterocycles. The lowest BCUT2D eigenvalue weighted by atomic mass is 10.1. The number of nitrogens with zero attached hydrogens (tertiary/aromatic N) is 1. The molecule has 7 heteroatoms. The van der Waals surface area contributed by atoms with Crippen LogP contribution in [0, 0.1) is 6.92 Å². The maximum Gasteiger partial charge on any atom is 0.326 e. The van der Waals surface area contributed by atoms with Crippen LogP contribution in [-0.2, 0) is 9.53 Å². The average Bonchev–Trinajstić information content (AvgIpc) is 2.36. The van der Waals surface area contributed by atoms with Crippen molar-refractivity contribution in [2.45, 2.75) is 25.8 Å². The number of methoxy groups -OCH3 is 1. The number of rotatable bonds is 8. The second kappa shape index (κ2) is 7.44. The topological polar surface area (TPSA) is 115 Å². The van der Waals surface area contributed by atoms with Gasteiger partial charge in [-0.05, 0) is 31.9 Å². The SMILES string of the molecule is COCCCC(Nc1cc(C(N)=O)cc(C)n1)C(=O)O. The number of aryl methyl sites for hydroxylation is 1. The fraction of sp³-hybridized carbons (Fsp3) is 0.462. The van der Waals surface area contributed by atoms with Gasteiger partial charge < -0.3 is 20.9 Å². The molecule has 1 unspecified atom stereocenters. The molecule has 1 heterocycles. The Hall–Kier alpha value is -2.15. The lowest BCUT2D eigenvalue weighted by Gasteiger charge is -2.15. The van der Waals surface area contributed by atoms with Crippen molar-refractivity contribution in [3.63, 3.8) is 0 Å². The minimum absolute atomic E-state index is 0.293. The normalized spacial score (nSPS) is 11.9. The molecule has 1 aromatic rings. The van der Waals surface area contributed by atoms with Crippen LogP contribution in [0.15, 0.2) is 12.1 Å². The van der Waals surface area contributed by atoms with Crippen LogP contribution in [0.3, 0.4) is 0 Å². The van der Waals surface area contributed by atoms with Crippen LogP contribution in [0.25, 0.3) is 0 Å². The van der Waals surface area contributed by atoms with E-state index in [0.29, 0.717) is 36.5 Å². The number of pyridine rings is 1. The van der Waals surface area contributed by atoms with Crippen LogP contribution in [-0.4, -0.2) is 41.7 Å². The summed E-state index contributed by atoms with van der Waals surface area (Å²) in [6.07, 6.45) is 1.000. The third kappa shape index (κ3) is 4.85. The molecular formula is C13H19N3O4. The van der Waals surface area contributed by atoms with Gasteiger partial charge in [-0.1, -0.05) is 0 Å². The van der Waals surface area contributed by atoms with E-state index < -0.39 is 17.9 Å². The summed E-state index contributed by atoms with van der Waals surface area (Å²) in [5, 5.41) is 12.0. The van der Waals surface area contributed by atoms with Crippen molar-refractivity contribution in [1.82, 2.24) is 4.98 Å². The van der Waals surface area contributed by atoms with Gasteiger partial charge in [0.1, 0.15) is 11.9 Å². The predicted molar refractivity (Wildman–Crippen MR) is 73.6 cm³/mol. The van der Waals surface area contributed by atoms with E-state index in [-0.39, 0.29) is 0 Å². The molecule has 0 fully saturated rings. The number of primary amides is 1. The summed E-state index contributed by atoms with van der Waals surface area (Å²) in [4.78, 5) is 26.5. The number of hydrogen-bond donors (Lipinski definition) is 3. The van der Waals surface area contributed by atoms with E-state index in [1.165, 1.54) is 6.07 Å². The highest BCUT2D eigenvalue weighted by molar-refractivity contribution is 5.93. The Labute approximate surface area is 117 Å². The minimum Gasteiger partial charge on any atom is -0.480 e. The van der Waals surface area contributed by atoms with Gasteiger partial charge in [0.15, 0.2) is 0 Å². The first-order valence-corrected chi connectivity index (χ1v) is 6.20. The Kier molecular flexibility index (Phi) is 5.92. The Morgan fingerprint density at radius 2 is 2.20 bits per heavy atom. The second-order valence-electron chi connectivity index (χ2n) is 4.42. The van der Waals surface area contributed by atoms with Gasteiger partial charge in [0.2, 0.25) is 5.91 Å². The molecule has 4 N–H and O–H groups in total. The number of hydrogen-bond acceptors (Lipinski definition) is 5. The molecule has 1 atom stereocenters. The zero-order valence-electron chi connectivity index (χ0n) is 11.5. The summed E-state index contributed by atoms with van der Waals surface area (Å²) in [6.45, 7) is 2.19. The van der Waals surface area contributed by atoms with E-state index in [1.54, 1.807) is 20.1 Å². The van der Waals surface area contributed by atoms with E-state index in [1.807, 2.05) is 0 Å². The number of nitrogens with two attached hydrogens (primary N) is 1. The molecule has 0 aliphatic rings. The summed E-state index contributed by atoms with van der Waals surface area (Å²) in [5.74, 6) is -1.24. The van der Waals surface area contributed by atoms with E-state index in [9.17, 15) is 9.59 Å². The van der Waals surface area contributed by atoms with Gasteiger partial charge >= 0.3 is 5.97 Å². The predicted octanol–water partition coefficient (Wildman–Crippen LogP) is 0.781. The smallest absolute Gasteiger partial charge is 0.326 e. The van der Waals surface area contributed by atoms with Crippen molar-refractivity contribution in [1.29, 1.82) is 0 Å². The van der Waals surface area contributed by atoms with Gasteiger partial charge in [0.25, 0.3) is 0 Å². The number of ether oxygens (including phenoxy) is 1. The summed E-state index contributed by atoms with van der Waals surface area (Å²) in [5.41, 5.74) is 6.09. The monoisotopic (exact) mass is 281 g/mol. The molecule has 20 heavy (non-hydrogen) atoms. The van der Waals surface area contributed by atoms with Crippen molar-refractivity contribution in [2.24, 2.45) is 5.73 Å². The van der Waals surface area contributed by atoms with Crippen LogP contribution in [0.1, 0.15) is 28.9 Å². The molecule has 0 saturated carbocycles. The summed E-state index contributed by atoms with van der Waals surface area (Å²) in [7, 11) is 1.56. The first-order chi connectivity index (χ1) is 9.43. The van der Waals surface area contributed by atoms with E-state index in [0.717, 1.165) is 0 Å². The molecule has 0 aliphatic carbocycles. The number of carboxylic acid groups (broad SMARTS) is 1. The molecular weight excluding hydrogens is 262 g/mol. The fourth-order valence-corrected chi connectivity index (χ4v) is 1.75. The third-order valence-electron chi connectivity index (χ3n) is 2.70. The highest BCUT2D eigenvalue weighted by atomic mass is 16.5. The van der Waals surface area contributed by atoms with Crippen molar-refractivity contribution >= 4 is 17.7 Å². The van der Waals surface area contributed by atoms with Gasteiger partial charge in [-0.3, -0.25) is 4.79 Å². The number of aromatic nitrogens is 1. The molecule has 110 valence electrons. The van der Waals surface area contributed by atoms with Crippen LogP contribution >= 0.6 is 0 Å². The van der Waals surface area contributed by atoms with Crippen LogP contribution < -0.4 is 11.1 Å². The van der Waals surface area contributed by atoms with Gasteiger partial charge in [-0.2, -0.15) is 0 Å². The number of carbonyl (C=O) groups is 2. The maximum absolute atomic E-state index is 11.2. The highest BCUT2D eigenvalue weighted by Gasteiger charge is 2.18. The Balaban J connectivity index is 2.82. The molecule has 0 spiro atoms. The maximum atomic E-state index is 11.2. The van der Waals surface area contributed by atoms with Crippen molar-refractivity contribution < 1.29 is 19.4 Å². The van der Waals surface area contributed by atoms with Crippen LogP contribution in [0.5, 0.6) is 0 Å². The van der Waals surface area contributed by atoms with Gasteiger partial charge in [0.05, 0.1) is 0 Å². The number of carboxylic acids is 1.